The van der Waals surface area contributed by atoms with Crippen molar-refractivity contribution in [3.8, 4) is 28.0 Å². The summed E-state index contributed by atoms with van der Waals surface area (Å²) in [5.74, 6) is 0.279. The first kappa shape index (κ1) is 26.2. The van der Waals surface area contributed by atoms with E-state index in [1.165, 1.54) is 12.1 Å². The van der Waals surface area contributed by atoms with Crippen molar-refractivity contribution in [2.45, 2.75) is 25.9 Å². The number of ether oxygens (including phenoxy) is 1. The van der Waals surface area contributed by atoms with Crippen LogP contribution in [-0.4, -0.2) is 24.0 Å². The molecule has 6 heteroatoms. The fourth-order valence-electron chi connectivity index (χ4n) is 4.70. The minimum absolute atomic E-state index is 0.159. The average molecular weight is 522 g/mol. The summed E-state index contributed by atoms with van der Waals surface area (Å²) in [6.07, 6.45) is 2.78. The van der Waals surface area contributed by atoms with Gasteiger partial charge in [0.2, 0.25) is 0 Å². The Morgan fingerprint density at radius 2 is 1.62 bits per heavy atom. The summed E-state index contributed by atoms with van der Waals surface area (Å²) in [7, 11) is 0. The van der Waals surface area contributed by atoms with Crippen LogP contribution in [0.5, 0.6) is 5.75 Å². The van der Waals surface area contributed by atoms with E-state index in [9.17, 15) is 9.18 Å². The molecule has 1 aromatic heterocycles. The summed E-state index contributed by atoms with van der Waals surface area (Å²) in [6, 6.07) is 30.2. The summed E-state index contributed by atoms with van der Waals surface area (Å²) in [5.41, 5.74) is 11.5. The number of aromatic nitrogens is 1. The van der Waals surface area contributed by atoms with E-state index in [1.54, 1.807) is 12.1 Å². The lowest BCUT2D eigenvalue weighted by atomic mass is 9.98. The van der Waals surface area contributed by atoms with E-state index in [2.05, 4.69) is 10.3 Å². The third-order valence-electron chi connectivity index (χ3n) is 6.74. The Kier molecular flexibility index (Phi) is 8.34. The van der Waals surface area contributed by atoms with Gasteiger partial charge in [0, 0.05) is 23.0 Å². The second kappa shape index (κ2) is 12.4. The van der Waals surface area contributed by atoms with E-state index in [-0.39, 0.29) is 11.7 Å². The first-order valence-electron chi connectivity index (χ1n) is 13.3. The Morgan fingerprint density at radius 1 is 0.821 bits per heavy atom. The fourth-order valence-corrected chi connectivity index (χ4v) is 4.70. The molecule has 5 rings (SSSR count). The summed E-state index contributed by atoms with van der Waals surface area (Å²) in [6.45, 7) is 1.68. The van der Waals surface area contributed by atoms with Crippen molar-refractivity contribution in [1.82, 2.24) is 10.3 Å². The molecule has 39 heavy (non-hydrogen) atoms. The molecule has 0 aliphatic rings. The van der Waals surface area contributed by atoms with Crippen molar-refractivity contribution in [2.24, 2.45) is 5.73 Å². The number of nitrogens with one attached hydrogen (secondary N) is 2. The van der Waals surface area contributed by atoms with Crippen LogP contribution in [-0.2, 0) is 6.61 Å². The zero-order valence-corrected chi connectivity index (χ0v) is 21.8. The van der Waals surface area contributed by atoms with Crippen molar-refractivity contribution in [3.05, 3.63) is 114 Å². The van der Waals surface area contributed by atoms with Crippen molar-refractivity contribution in [2.75, 3.05) is 13.1 Å². The molecule has 198 valence electrons. The molecular formula is C33H32FN3O2. The molecule has 0 unspecified atom stereocenters. The molecule has 5 aromatic rings. The molecule has 4 aromatic carbocycles. The smallest absolute Gasteiger partial charge is 0.268 e. The highest BCUT2D eigenvalue weighted by Crippen LogP contribution is 2.36. The number of halogens is 1. The number of carbonyl (C=O) groups excluding carboxylic acids is 1. The minimum Gasteiger partial charge on any atom is -0.489 e. The van der Waals surface area contributed by atoms with Crippen LogP contribution < -0.4 is 15.8 Å². The number of hydrogen-bond acceptors (Lipinski definition) is 3. The van der Waals surface area contributed by atoms with Gasteiger partial charge in [0.1, 0.15) is 23.9 Å². The molecule has 5 nitrogen and oxygen atoms in total. The van der Waals surface area contributed by atoms with Gasteiger partial charge in [-0.3, -0.25) is 4.79 Å². The normalized spacial score (nSPS) is 11.0. The summed E-state index contributed by atoms with van der Waals surface area (Å²) >= 11 is 0. The molecule has 4 N–H and O–H groups in total. The molecule has 0 aliphatic carbocycles. The minimum atomic E-state index is -0.278. The van der Waals surface area contributed by atoms with Gasteiger partial charge in [-0.1, -0.05) is 67.1 Å². The van der Waals surface area contributed by atoms with Gasteiger partial charge in [-0.05, 0) is 78.0 Å². The molecule has 0 bridgehead atoms. The van der Waals surface area contributed by atoms with E-state index in [4.69, 9.17) is 10.5 Å². The molecule has 0 radical (unpaired) electrons. The Balaban J connectivity index is 1.51. The van der Waals surface area contributed by atoms with Crippen LogP contribution in [0.2, 0.25) is 0 Å². The number of aromatic amines is 1. The maximum Gasteiger partial charge on any atom is 0.268 e. The second-order valence-electron chi connectivity index (χ2n) is 9.55. The molecule has 0 saturated heterocycles. The van der Waals surface area contributed by atoms with Gasteiger partial charge in [-0.25, -0.2) is 4.39 Å². The monoisotopic (exact) mass is 521 g/mol. The zero-order chi connectivity index (χ0) is 27.0. The lowest BCUT2D eigenvalue weighted by Crippen LogP contribution is -2.25. The molecule has 0 spiro atoms. The molecule has 1 heterocycles. The second-order valence-corrected chi connectivity index (χ2v) is 9.55. The first-order valence-corrected chi connectivity index (χ1v) is 13.3. The zero-order valence-electron chi connectivity index (χ0n) is 21.8. The Labute approximate surface area is 227 Å². The molecule has 0 saturated carbocycles. The topological polar surface area (TPSA) is 80.1 Å². The van der Waals surface area contributed by atoms with E-state index in [0.717, 1.165) is 58.0 Å². The van der Waals surface area contributed by atoms with Crippen LogP contribution in [0.4, 0.5) is 4.39 Å². The number of nitrogens with two attached hydrogens (primary N) is 1. The number of unbranched alkanes of at least 4 members (excludes halogenated alkanes) is 2. The standard InChI is InChI=1S/C33H32FN3O2/c34-27-15-12-24(13-16-27)25-14-17-30-29(21-25)31(32(37-30)33(38)36-19-6-2-5-18-35)26-10-7-11-28(20-26)39-22-23-8-3-1-4-9-23/h1,3-4,7-17,20-21,37H,2,5-6,18-19,22,35H2,(H,36,38). The van der Waals surface area contributed by atoms with Gasteiger partial charge >= 0.3 is 0 Å². The fraction of sp³-hybridized carbons (Fsp3) is 0.182. The lowest BCUT2D eigenvalue weighted by Gasteiger charge is -2.11. The van der Waals surface area contributed by atoms with Crippen molar-refractivity contribution in [1.29, 1.82) is 0 Å². The van der Waals surface area contributed by atoms with E-state index >= 15 is 0 Å². The SMILES string of the molecule is NCCCCCNC(=O)c1[nH]c2ccc(-c3ccc(F)cc3)cc2c1-c1cccc(OCc2ccccc2)c1. The predicted octanol–water partition coefficient (Wildman–Crippen LogP) is 7.08. The van der Waals surface area contributed by atoms with Crippen LogP contribution in [0.3, 0.4) is 0 Å². The van der Waals surface area contributed by atoms with E-state index in [0.29, 0.717) is 31.1 Å². The summed E-state index contributed by atoms with van der Waals surface area (Å²) in [5, 5.41) is 3.97. The Bertz CT molecular complexity index is 1550. The van der Waals surface area contributed by atoms with Crippen LogP contribution in [0.25, 0.3) is 33.2 Å². The molecule has 0 fully saturated rings. The number of rotatable bonds is 11. The number of amides is 1. The molecule has 0 atom stereocenters. The van der Waals surface area contributed by atoms with Crippen LogP contribution in [0, 0.1) is 5.82 Å². The van der Waals surface area contributed by atoms with E-state index < -0.39 is 0 Å². The number of fused-ring (bicyclic) bond motifs is 1. The average Bonchev–Trinajstić information content (AvgIpc) is 3.36. The number of benzene rings is 4. The quantitative estimate of drug-likeness (QED) is 0.163. The summed E-state index contributed by atoms with van der Waals surface area (Å²) < 4.78 is 19.6. The third kappa shape index (κ3) is 6.36. The van der Waals surface area contributed by atoms with Crippen LogP contribution in [0.15, 0.2) is 97.1 Å². The van der Waals surface area contributed by atoms with E-state index in [1.807, 2.05) is 72.8 Å². The number of carbonyl (C=O) groups is 1. The third-order valence-corrected chi connectivity index (χ3v) is 6.74. The number of hydrogen-bond donors (Lipinski definition) is 3. The van der Waals surface area contributed by atoms with Gasteiger partial charge in [0.05, 0.1) is 0 Å². The maximum absolute atomic E-state index is 13.5. The van der Waals surface area contributed by atoms with Gasteiger partial charge < -0.3 is 20.8 Å². The van der Waals surface area contributed by atoms with Crippen molar-refractivity contribution >= 4 is 16.8 Å². The molecule has 0 aliphatic heterocycles. The Morgan fingerprint density at radius 3 is 2.41 bits per heavy atom. The van der Waals surface area contributed by atoms with Crippen molar-refractivity contribution in [3.63, 3.8) is 0 Å². The lowest BCUT2D eigenvalue weighted by molar-refractivity contribution is 0.0949. The highest BCUT2D eigenvalue weighted by molar-refractivity contribution is 6.10. The van der Waals surface area contributed by atoms with Gasteiger partial charge in [0.15, 0.2) is 0 Å². The molecular weight excluding hydrogens is 489 g/mol. The Hall–Kier alpha value is -4.42. The first-order chi connectivity index (χ1) is 19.1. The largest absolute Gasteiger partial charge is 0.489 e. The highest BCUT2D eigenvalue weighted by Gasteiger charge is 2.20. The number of H-pyrrole nitrogens is 1. The maximum atomic E-state index is 13.5. The van der Waals surface area contributed by atoms with Gasteiger partial charge in [-0.2, -0.15) is 0 Å². The van der Waals surface area contributed by atoms with Gasteiger partial charge in [-0.15, -0.1) is 0 Å². The van der Waals surface area contributed by atoms with Crippen molar-refractivity contribution < 1.29 is 13.9 Å². The van der Waals surface area contributed by atoms with Gasteiger partial charge in [0.25, 0.3) is 5.91 Å². The summed E-state index contributed by atoms with van der Waals surface area (Å²) in [4.78, 5) is 16.7. The highest BCUT2D eigenvalue weighted by atomic mass is 19.1. The predicted molar refractivity (Wildman–Crippen MR) is 155 cm³/mol. The van der Waals surface area contributed by atoms with Crippen LogP contribution in [0.1, 0.15) is 35.3 Å². The molecule has 1 amide bonds. The van der Waals surface area contributed by atoms with Crippen LogP contribution >= 0.6 is 0 Å².